The SMILES string of the molecule is CCOC(=O)c1sc(NC(=O)CSc2nnc(CS(=O)(=O)c3ccccc3)n2CC)c(C(=O)OCC)c1C. The fourth-order valence-corrected chi connectivity index (χ4v) is 6.68. The number of ether oxygens (including phenoxy) is 2. The van der Waals surface area contributed by atoms with E-state index in [1.807, 2.05) is 6.92 Å². The van der Waals surface area contributed by atoms with Crippen molar-refractivity contribution in [1.29, 1.82) is 0 Å². The molecule has 2 aromatic heterocycles. The molecule has 0 aliphatic carbocycles. The molecule has 0 bridgehead atoms. The lowest BCUT2D eigenvalue weighted by Gasteiger charge is -2.09. The average Bonchev–Trinajstić information content (AvgIpc) is 3.42. The smallest absolute Gasteiger partial charge is 0.348 e. The van der Waals surface area contributed by atoms with Gasteiger partial charge in [0.05, 0.1) is 29.4 Å². The number of nitrogens with zero attached hydrogens (tertiary/aromatic N) is 3. The number of sulfone groups is 1. The number of thiophene rings is 1. The first-order valence-electron chi connectivity index (χ1n) is 11.7. The first-order valence-corrected chi connectivity index (χ1v) is 15.2. The number of anilines is 1. The third-order valence-electron chi connectivity index (χ3n) is 5.20. The highest BCUT2D eigenvalue weighted by atomic mass is 32.2. The quantitative estimate of drug-likeness (QED) is 0.248. The standard InChI is InChI=1S/C24H28N4O7S3/c1-5-28-17(14-38(32,33)16-11-9-8-10-12-16)26-27-24(28)36-13-18(29)25-21-19(22(30)34-6-2)15(4)20(37-21)23(31)35-7-3/h8-12H,5-7,13-14H2,1-4H3,(H,25,29). The van der Waals surface area contributed by atoms with Crippen LogP contribution in [0.3, 0.4) is 0 Å². The van der Waals surface area contributed by atoms with Gasteiger partial charge in [0.25, 0.3) is 0 Å². The molecule has 0 unspecified atom stereocenters. The number of esters is 2. The van der Waals surface area contributed by atoms with E-state index in [-0.39, 0.29) is 50.9 Å². The maximum Gasteiger partial charge on any atom is 0.348 e. The van der Waals surface area contributed by atoms with E-state index >= 15 is 0 Å². The first kappa shape index (κ1) is 29.3. The summed E-state index contributed by atoms with van der Waals surface area (Å²) in [4.78, 5) is 38.1. The Balaban J connectivity index is 1.75. The van der Waals surface area contributed by atoms with Crippen LogP contribution in [-0.4, -0.2) is 60.0 Å². The second-order valence-corrected chi connectivity index (χ2v) is 11.7. The fourth-order valence-electron chi connectivity index (χ4n) is 3.47. The largest absolute Gasteiger partial charge is 0.462 e. The van der Waals surface area contributed by atoms with E-state index in [0.29, 0.717) is 17.3 Å². The van der Waals surface area contributed by atoms with Crippen LogP contribution in [0.15, 0.2) is 40.4 Å². The molecule has 0 fully saturated rings. The molecule has 3 aromatic rings. The van der Waals surface area contributed by atoms with Crippen LogP contribution < -0.4 is 5.32 Å². The van der Waals surface area contributed by atoms with Gasteiger partial charge in [-0.2, -0.15) is 0 Å². The van der Waals surface area contributed by atoms with Gasteiger partial charge in [-0.25, -0.2) is 18.0 Å². The van der Waals surface area contributed by atoms with Crippen molar-refractivity contribution in [2.45, 2.75) is 50.0 Å². The molecule has 0 aliphatic heterocycles. The Kier molecular flexibility index (Phi) is 10.1. The highest BCUT2D eigenvalue weighted by Crippen LogP contribution is 2.34. The van der Waals surface area contributed by atoms with Crippen molar-refractivity contribution >= 4 is 55.8 Å². The molecule has 0 aliphatic rings. The topological polar surface area (TPSA) is 147 Å². The summed E-state index contributed by atoms with van der Waals surface area (Å²) in [6.45, 7) is 7.43. The molecule has 3 rings (SSSR count). The second-order valence-electron chi connectivity index (χ2n) is 7.75. The summed E-state index contributed by atoms with van der Waals surface area (Å²) >= 11 is 2.01. The van der Waals surface area contributed by atoms with Gasteiger partial charge in [-0.15, -0.1) is 21.5 Å². The van der Waals surface area contributed by atoms with Crippen LogP contribution in [0.25, 0.3) is 0 Å². The van der Waals surface area contributed by atoms with Crippen molar-refractivity contribution in [2.75, 3.05) is 24.3 Å². The first-order chi connectivity index (χ1) is 18.1. The minimum Gasteiger partial charge on any atom is -0.462 e. The van der Waals surface area contributed by atoms with E-state index in [2.05, 4.69) is 15.5 Å². The molecule has 14 heteroatoms. The van der Waals surface area contributed by atoms with Crippen molar-refractivity contribution in [1.82, 2.24) is 14.8 Å². The summed E-state index contributed by atoms with van der Waals surface area (Å²) in [6.07, 6.45) is 0. The Bertz CT molecular complexity index is 1420. The van der Waals surface area contributed by atoms with Gasteiger partial charge in [-0.05, 0) is 45.4 Å². The Morgan fingerprint density at radius 1 is 1.03 bits per heavy atom. The molecule has 0 spiro atoms. The second kappa shape index (κ2) is 13.0. The molecular weight excluding hydrogens is 552 g/mol. The van der Waals surface area contributed by atoms with Gasteiger partial charge >= 0.3 is 11.9 Å². The van der Waals surface area contributed by atoms with Crippen LogP contribution >= 0.6 is 23.1 Å². The number of nitrogens with one attached hydrogen (secondary N) is 1. The van der Waals surface area contributed by atoms with Gasteiger partial charge in [0.1, 0.15) is 21.5 Å². The molecule has 11 nitrogen and oxygen atoms in total. The summed E-state index contributed by atoms with van der Waals surface area (Å²) in [5.74, 6) is -1.88. The molecule has 0 atom stereocenters. The summed E-state index contributed by atoms with van der Waals surface area (Å²) in [5, 5.41) is 11.4. The number of thioether (sulfide) groups is 1. The van der Waals surface area contributed by atoms with Crippen molar-refractivity contribution in [3.63, 3.8) is 0 Å². The van der Waals surface area contributed by atoms with Crippen LogP contribution in [0, 0.1) is 6.92 Å². The number of rotatable bonds is 12. The van der Waals surface area contributed by atoms with Crippen LogP contribution in [0.5, 0.6) is 0 Å². The van der Waals surface area contributed by atoms with Gasteiger partial charge in [0, 0.05) is 6.54 Å². The van der Waals surface area contributed by atoms with Gasteiger partial charge < -0.3 is 19.4 Å². The van der Waals surface area contributed by atoms with Gasteiger partial charge in [-0.3, -0.25) is 4.79 Å². The average molecular weight is 581 g/mol. The van der Waals surface area contributed by atoms with E-state index in [4.69, 9.17) is 9.47 Å². The predicted molar refractivity (Wildman–Crippen MR) is 143 cm³/mol. The molecule has 1 amide bonds. The molecule has 1 aromatic carbocycles. The van der Waals surface area contributed by atoms with Crippen molar-refractivity contribution in [2.24, 2.45) is 0 Å². The molecule has 0 saturated carbocycles. The van der Waals surface area contributed by atoms with Crippen LogP contribution in [0.4, 0.5) is 5.00 Å². The molecule has 0 saturated heterocycles. The van der Waals surface area contributed by atoms with Crippen molar-refractivity contribution in [3.05, 3.63) is 52.2 Å². The summed E-state index contributed by atoms with van der Waals surface area (Å²) in [7, 11) is -3.63. The van der Waals surface area contributed by atoms with Crippen molar-refractivity contribution in [3.8, 4) is 0 Å². The van der Waals surface area contributed by atoms with E-state index in [1.54, 1.807) is 43.5 Å². The van der Waals surface area contributed by atoms with Gasteiger partial charge in [-0.1, -0.05) is 30.0 Å². The van der Waals surface area contributed by atoms with Crippen LogP contribution in [-0.2, 0) is 36.4 Å². The zero-order valence-electron chi connectivity index (χ0n) is 21.3. The Morgan fingerprint density at radius 3 is 2.32 bits per heavy atom. The number of carbonyl (C=O) groups is 3. The van der Waals surface area contributed by atoms with Gasteiger partial charge in [0.2, 0.25) is 5.91 Å². The zero-order chi connectivity index (χ0) is 27.9. The van der Waals surface area contributed by atoms with E-state index in [9.17, 15) is 22.8 Å². The predicted octanol–water partition coefficient (Wildman–Crippen LogP) is 3.73. The molecule has 204 valence electrons. The third kappa shape index (κ3) is 6.79. The number of hydrogen-bond donors (Lipinski definition) is 1. The molecule has 38 heavy (non-hydrogen) atoms. The lowest BCUT2D eigenvalue weighted by atomic mass is 10.1. The highest BCUT2D eigenvalue weighted by molar-refractivity contribution is 7.99. The summed E-state index contributed by atoms with van der Waals surface area (Å²) in [6, 6.07) is 8.07. The molecule has 0 radical (unpaired) electrons. The molecule has 2 heterocycles. The number of carbonyl (C=O) groups excluding carboxylic acids is 3. The lowest BCUT2D eigenvalue weighted by molar-refractivity contribution is -0.113. The lowest BCUT2D eigenvalue weighted by Crippen LogP contribution is -2.17. The Hall–Kier alpha value is -3.23. The maximum atomic E-state index is 12.8. The molecule has 1 N–H and O–H groups in total. The normalized spacial score (nSPS) is 11.3. The number of aromatic nitrogens is 3. The van der Waals surface area contributed by atoms with E-state index < -0.39 is 27.7 Å². The van der Waals surface area contributed by atoms with E-state index in [1.165, 1.54) is 12.1 Å². The van der Waals surface area contributed by atoms with Crippen LogP contribution in [0.2, 0.25) is 0 Å². The zero-order valence-corrected chi connectivity index (χ0v) is 23.8. The fraction of sp³-hybridized carbons (Fsp3) is 0.375. The Morgan fingerprint density at radius 2 is 1.68 bits per heavy atom. The number of hydrogen-bond acceptors (Lipinski definition) is 11. The minimum atomic E-state index is -3.63. The highest BCUT2D eigenvalue weighted by Gasteiger charge is 2.28. The van der Waals surface area contributed by atoms with Crippen LogP contribution in [0.1, 0.15) is 52.2 Å². The van der Waals surface area contributed by atoms with Gasteiger partial charge in [0.15, 0.2) is 15.0 Å². The van der Waals surface area contributed by atoms with E-state index in [0.717, 1.165) is 23.1 Å². The summed E-state index contributed by atoms with van der Waals surface area (Å²) in [5.41, 5.74) is 0.466. The monoisotopic (exact) mass is 580 g/mol. The number of benzene rings is 1. The molecular formula is C24H28N4O7S3. The van der Waals surface area contributed by atoms with Crippen molar-refractivity contribution < 1.29 is 32.3 Å². The number of amides is 1. The summed E-state index contributed by atoms with van der Waals surface area (Å²) < 4.78 is 37.4. The maximum absolute atomic E-state index is 12.8. The third-order valence-corrected chi connectivity index (χ3v) is 8.99. The minimum absolute atomic E-state index is 0.0997. The Labute approximate surface area is 228 Å².